The lowest BCUT2D eigenvalue weighted by molar-refractivity contribution is 0.0522. The van der Waals surface area contributed by atoms with E-state index in [1.165, 1.54) is 4.68 Å². The van der Waals surface area contributed by atoms with E-state index in [-0.39, 0.29) is 11.3 Å². The third-order valence-corrected chi connectivity index (χ3v) is 6.20. The average Bonchev–Trinajstić information content (AvgIpc) is 3.53. The van der Waals surface area contributed by atoms with Crippen molar-refractivity contribution in [3.8, 4) is 11.8 Å². The number of benzene rings is 1. The van der Waals surface area contributed by atoms with Gasteiger partial charge in [-0.05, 0) is 82.7 Å². The highest BCUT2D eigenvalue weighted by molar-refractivity contribution is 6.30. The van der Waals surface area contributed by atoms with Gasteiger partial charge in [0.15, 0.2) is 0 Å². The summed E-state index contributed by atoms with van der Waals surface area (Å²) >= 11 is 6.20. The quantitative estimate of drug-likeness (QED) is 0.436. The number of ether oxygens (including phenoxy) is 2. The zero-order valence-electron chi connectivity index (χ0n) is 18.9. The molecule has 7 nitrogen and oxygen atoms in total. The van der Waals surface area contributed by atoms with Crippen LogP contribution in [0.25, 0.3) is 10.9 Å². The van der Waals surface area contributed by atoms with Crippen LogP contribution in [0.2, 0.25) is 5.15 Å². The normalized spacial score (nSPS) is 18.0. The summed E-state index contributed by atoms with van der Waals surface area (Å²) in [4.78, 5) is 17.2. The first-order chi connectivity index (χ1) is 15.7. The molecule has 0 amide bonds. The topological polar surface area (TPSA) is 90.0 Å². The maximum atomic E-state index is 12.8. The van der Waals surface area contributed by atoms with Crippen LogP contribution >= 0.6 is 11.6 Å². The lowest BCUT2D eigenvalue weighted by atomic mass is 9.92. The second-order valence-electron chi connectivity index (χ2n) is 9.71. The van der Waals surface area contributed by atoms with Crippen LogP contribution in [0.5, 0.6) is 5.75 Å². The number of aromatic nitrogens is 3. The molecule has 33 heavy (non-hydrogen) atoms. The Labute approximate surface area is 197 Å². The summed E-state index contributed by atoms with van der Waals surface area (Å²) in [6.07, 6.45) is 3.99. The van der Waals surface area contributed by atoms with E-state index in [1.807, 2.05) is 45.0 Å². The average molecular weight is 465 g/mol. The van der Waals surface area contributed by atoms with E-state index in [1.54, 1.807) is 0 Å². The Balaban J connectivity index is 1.49. The Kier molecular flexibility index (Phi) is 5.29. The van der Waals surface area contributed by atoms with Gasteiger partial charge < -0.3 is 9.47 Å². The van der Waals surface area contributed by atoms with E-state index in [2.05, 4.69) is 16.2 Å². The van der Waals surface area contributed by atoms with Crippen LogP contribution in [-0.4, -0.2) is 26.5 Å². The summed E-state index contributed by atoms with van der Waals surface area (Å²) in [7, 11) is 0. The summed E-state index contributed by atoms with van der Waals surface area (Å²) in [5.74, 6) is 1.04. The summed E-state index contributed by atoms with van der Waals surface area (Å²) in [5, 5.41) is 15.0. The molecule has 0 N–H and O–H groups in total. The number of aryl methyl sites for hydroxylation is 1. The molecule has 2 heterocycles. The molecule has 8 heteroatoms. The standard InChI is InChI=1S/C25H25ClN4O3/c1-25(2,3)33-24(31)30-19-10-9-17(12-18(19)21(29-30)14-7-8-14)32-20-6-4-5-15-11-16(13-27)23(26)28-22(15)20/h9-12,14,20H,4-8H2,1-3H3. The molecule has 0 aliphatic heterocycles. The molecule has 1 unspecified atom stereocenters. The molecule has 0 spiro atoms. The number of fused-ring (bicyclic) bond motifs is 2. The van der Waals surface area contributed by atoms with Crippen molar-refractivity contribution in [2.75, 3.05) is 0 Å². The van der Waals surface area contributed by atoms with Gasteiger partial charge in [-0.15, -0.1) is 0 Å². The van der Waals surface area contributed by atoms with Crippen molar-refractivity contribution < 1.29 is 14.3 Å². The number of hydrogen-bond donors (Lipinski definition) is 0. The number of pyridine rings is 1. The maximum absolute atomic E-state index is 12.8. The smallest absolute Gasteiger partial charge is 0.435 e. The molecular weight excluding hydrogens is 440 g/mol. The Morgan fingerprint density at radius 1 is 1.21 bits per heavy atom. The highest BCUT2D eigenvalue weighted by Gasteiger charge is 2.32. The van der Waals surface area contributed by atoms with Gasteiger partial charge in [-0.2, -0.15) is 15.0 Å². The monoisotopic (exact) mass is 464 g/mol. The molecule has 1 atom stereocenters. The van der Waals surface area contributed by atoms with Gasteiger partial charge in [0.2, 0.25) is 0 Å². The highest BCUT2D eigenvalue weighted by Crippen LogP contribution is 2.44. The minimum Gasteiger partial charge on any atom is -0.484 e. The van der Waals surface area contributed by atoms with Crippen molar-refractivity contribution in [2.45, 2.75) is 70.5 Å². The second-order valence-corrected chi connectivity index (χ2v) is 10.1. The fourth-order valence-corrected chi connectivity index (χ4v) is 4.48. The first-order valence-electron chi connectivity index (χ1n) is 11.3. The van der Waals surface area contributed by atoms with Gasteiger partial charge in [0.1, 0.15) is 28.7 Å². The molecule has 0 saturated heterocycles. The molecule has 1 saturated carbocycles. The summed E-state index contributed by atoms with van der Waals surface area (Å²) < 4.78 is 13.3. The van der Waals surface area contributed by atoms with Crippen molar-refractivity contribution in [3.63, 3.8) is 0 Å². The number of rotatable bonds is 3. The van der Waals surface area contributed by atoms with Crippen LogP contribution in [0.15, 0.2) is 24.3 Å². The number of carbonyl (C=O) groups is 1. The molecule has 1 aromatic carbocycles. The van der Waals surface area contributed by atoms with Crippen LogP contribution in [-0.2, 0) is 11.2 Å². The summed E-state index contributed by atoms with van der Waals surface area (Å²) in [6, 6.07) is 9.58. The zero-order valence-corrected chi connectivity index (χ0v) is 19.6. The third kappa shape index (κ3) is 4.28. The maximum Gasteiger partial charge on any atom is 0.435 e. The first-order valence-corrected chi connectivity index (χ1v) is 11.6. The fraction of sp³-hybridized carbons (Fsp3) is 0.440. The Bertz CT molecular complexity index is 1300. The minimum absolute atomic E-state index is 0.205. The van der Waals surface area contributed by atoms with Gasteiger partial charge in [-0.1, -0.05) is 11.6 Å². The Morgan fingerprint density at radius 3 is 2.70 bits per heavy atom. The van der Waals surface area contributed by atoms with Crippen LogP contribution in [0.1, 0.15) is 81.0 Å². The minimum atomic E-state index is -0.605. The molecule has 2 aliphatic rings. The van der Waals surface area contributed by atoms with Gasteiger partial charge in [0.05, 0.1) is 22.5 Å². The van der Waals surface area contributed by atoms with E-state index in [0.717, 1.165) is 54.4 Å². The molecule has 0 radical (unpaired) electrons. The SMILES string of the molecule is CC(C)(C)OC(=O)n1nc(C2CC2)c2cc(OC3CCCc4cc(C#N)c(Cl)nc43)ccc21. The molecule has 170 valence electrons. The van der Waals surface area contributed by atoms with Gasteiger partial charge in [0, 0.05) is 11.3 Å². The number of carbonyl (C=O) groups excluding carboxylic acids is 1. The van der Waals surface area contributed by atoms with Crippen LogP contribution in [0.3, 0.4) is 0 Å². The van der Waals surface area contributed by atoms with Crippen LogP contribution < -0.4 is 4.74 Å². The van der Waals surface area contributed by atoms with Crippen molar-refractivity contribution >= 4 is 28.6 Å². The van der Waals surface area contributed by atoms with E-state index < -0.39 is 11.7 Å². The molecular formula is C25H25ClN4O3. The van der Waals surface area contributed by atoms with Gasteiger partial charge in [-0.3, -0.25) is 0 Å². The molecule has 2 aliphatic carbocycles. The highest BCUT2D eigenvalue weighted by atomic mass is 35.5. The third-order valence-electron chi connectivity index (χ3n) is 5.92. The lowest BCUT2D eigenvalue weighted by Gasteiger charge is -2.25. The Hall–Kier alpha value is -3.11. The van der Waals surface area contributed by atoms with E-state index in [4.69, 9.17) is 21.1 Å². The van der Waals surface area contributed by atoms with E-state index in [9.17, 15) is 10.1 Å². The molecule has 2 aromatic heterocycles. The second kappa shape index (κ2) is 8.03. The summed E-state index contributed by atoms with van der Waals surface area (Å²) in [5.41, 5.74) is 3.20. The largest absolute Gasteiger partial charge is 0.484 e. The van der Waals surface area contributed by atoms with E-state index >= 15 is 0 Å². The predicted octanol–water partition coefficient (Wildman–Crippen LogP) is 6.07. The fourth-order valence-electron chi connectivity index (χ4n) is 4.29. The van der Waals surface area contributed by atoms with Crippen molar-refractivity contribution in [2.24, 2.45) is 0 Å². The van der Waals surface area contributed by atoms with Crippen LogP contribution in [0, 0.1) is 11.3 Å². The first kappa shape index (κ1) is 21.7. The number of halogens is 1. The molecule has 3 aromatic rings. The van der Waals surface area contributed by atoms with Gasteiger partial charge >= 0.3 is 6.09 Å². The number of hydrogen-bond acceptors (Lipinski definition) is 6. The van der Waals surface area contributed by atoms with Gasteiger partial charge in [-0.25, -0.2) is 9.78 Å². The number of nitriles is 1. The summed E-state index contributed by atoms with van der Waals surface area (Å²) in [6.45, 7) is 5.52. The zero-order chi connectivity index (χ0) is 23.3. The van der Waals surface area contributed by atoms with Crippen molar-refractivity contribution in [1.29, 1.82) is 5.26 Å². The number of nitrogens with zero attached hydrogens (tertiary/aromatic N) is 4. The lowest BCUT2D eigenvalue weighted by Crippen LogP contribution is -2.27. The molecule has 1 fully saturated rings. The predicted molar refractivity (Wildman–Crippen MR) is 124 cm³/mol. The van der Waals surface area contributed by atoms with E-state index in [0.29, 0.717) is 22.7 Å². The van der Waals surface area contributed by atoms with Crippen LogP contribution in [0.4, 0.5) is 4.79 Å². The van der Waals surface area contributed by atoms with Gasteiger partial charge in [0.25, 0.3) is 0 Å². The van der Waals surface area contributed by atoms with Crippen molar-refractivity contribution in [1.82, 2.24) is 14.8 Å². The van der Waals surface area contributed by atoms with Crippen molar-refractivity contribution in [3.05, 3.63) is 51.9 Å². The molecule has 5 rings (SSSR count). The Morgan fingerprint density at radius 2 is 2.00 bits per heavy atom. The molecule has 0 bridgehead atoms.